The lowest BCUT2D eigenvalue weighted by molar-refractivity contribution is 0.104. The molecule has 1 aliphatic rings. The molecule has 0 saturated heterocycles. The molecule has 0 unspecified atom stereocenters. The monoisotopic (exact) mass is 438 g/mol. The van der Waals surface area contributed by atoms with Crippen LogP contribution in [0.2, 0.25) is 5.02 Å². The highest BCUT2D eigenvalue weighted by molar-refractivity contribution is 7.97. The normalized spacial score (nSPS) is 16.4. The Kier molecular flexibility index (Phi) is 5.37. The van der Waals surface area contributed by atoms with Gasteiger partial charge in [-0.05, 0) is 48.9 Å². The van der Waals surface area contributed by atoms with Crippen LogP contribution < -0.4 is 9.62 Å². The number of allylic oxidation sites excluding steroid dienone is 1. The van der Waals surface area contributed by atoms with Crippen LogP contribution in [0.3, 0.4) is 0 Å². The number of benzene rings is 3. The van der Waals surface area contributed by atoms with Crippen molar-refractivity contribution < 1.29 is 13.2 Å². The first-order valence-corrected chi connectivity index (χ1v) is 11.1. The fourth-order valence-electron chi connectivity index (χ4n) is 3.25. The minimum absolute atomic E-state index is 0.0890. The molecular formula is C23H19ClN2O3S. The summed E-state index contributed by atoms with van der Waals surface area (Å²) in [6, 6.07) is 21.1. The molecule has 5 nitrogen and oxygen atoms in total. The molecule has 1 heterocycles. The number of rotatable bonds is 4. The number of hydrogen-bond acceptors (Lipinski definition) is 4. The first kappa shape index (κ1) is 20.2. The SMILES string of the molecule is Cc1ccc(N/C=C2/C(=O)c3ccccc3N(Cc3ccc(Cl)cc3)S2(=O)=O)cc1. The molecule has 4 rings (SSSR count). The van der Waals surface area contributed by atoms with Gasteiger partial charge in [0.1, 0.15) is 0 Å². The van der Waals surface area contributed by atoms with Gasteiger partial charge in [0.25, 0.3) is 10.0 Å². The number of sulfonamides is 1. The lowest BCUT2D eigenvalue weighted by Crippen LogP contribution is -2.39. The third kappa shape index (κ3) is 3.84. The van der Waals surface area contributed by atoms with E-state index in [1.165, 1.54) is 10.5 Å². The molecule has 0 radical (unpaired) electrons. The average molecular weight is 439 g/mol. The number of carbonyl (C=O) groups excluding carboxylic acids is 1. The van der Waals surface area contributed by atoms with Gasteiger partial charge in [0.15, 0.2) is 4.91 Å². The predicted molar refractivity (Wildman–Crippen MR) is 120 cm³/mol. The molecule has 0 amide bonds. The summed E-state index contributed by atoms with van der Waals surface area (Å²) in [6.07, 6.45) is 1.27. The van der Waals surface area contributed by atoms with E-state index in [1.807, 2.05) is 31.2 Å². The first-order chi connectivity index (χ1) is 14.4. The summed E-state index contributed by atoms with van der Waals surface area (Å²) in [4.78, 5) is 12.7. The van der Waals surface area contributed by atoms with E-state index < -0.39 is 15.8 Å². The van der Waals surface area contributed by atoms with Crippen molar-refractivity contribution in [1.82, 2.24) is 0 Å². The zero-order valence-electron chi connectivity index (χ0n) is 16.2. The van der Waals surface area contributed by atoms with Crippen LogP contribution in [0.5, 0.6) is 0 Å². The third-order valence-corrected chi connectivity index (χ3v) is 6.89. The molecule has 3 aromatic rings. The Bertz CT molecular complexity index is 1230. The van der Waals surface area contributed by atoms with Crippen LogP contribution in [0.25, 0.3) is 0 Å². The Hall–Kier alpha value is -3.09. The molecule has 0 aliphatic carbocycles. The van der Waals surface area contributed by atoms with Crippen LogP contribution in [-0.2, 0) is 16.6 Å². The summed E-state index contributed by atoms with van der Waals surface area (Å²) in [5.74, 6) is -0.530. The van der Waals surface area contributed by atoms with Crippen molar-refractivity contribution in [2.45, 2.75) is 13.5 Å². The summed E-state index contributed by atoms with van der Waals surface area (Å²) in [6.45, 7) is 2.05. The zero-order chi connectivity index (χ0) is 21.3. The molecule has 7 heteroatoms. The second-order valence-electron chi connectivity index (χ2n) is 7.00. The fourth-order valence-corrected chi connectivity index (χ4v) is 4.90. The van der Waals surface area contributed by atoms with Crippen molar-refractivity contribution in [2.75, 3.05) is 9.62 Å². The van der Waals surface area contributed by atoms with Gasteiger partial charge >= 0.3 is 0 Å². The van der Waals surface area contributed by atoms with Crippen molar-refractivity contribution in [3.63, 3.8) is 0 Å². The van der Waals surface area contributed by atoms with Gasteiger partial charge in [-0.2, -0.15) is 0 Å². The highest BCUT2D eigenvalue weighted by Gasteiger charge is 2.40. The van der Waals surface area contributed by atoms with Crippen molar-refractivity contribution in [3.05, 3.63) is 106 Å². The summed E-state index contributed by atoms with van der Waals surface area (Å²) < 4.78 is 28.1. The number of nitrogens with one attached hydrogen (secondary N) is 1. The third-order valence-electron chi connectivity index (χ3n) is 4.87. The Labute approximate surface area is 180 Å². The van der Waals surface area contributed by atoms with Gasteiger partial charge < -0.3 is 5.32 Å². The van der Waals surface area contributed by atoms with Crippen LogP contribution >= 0.6 is 11.6 Å². The van der Waals surface area contributed by atoms with Crippen molar-refractivity contribution in [1.29, 1.82) is 0 Å². The second-order valence-corrected chi connectivity index (χ2v) is 9.27. The number of nitrogens with zero attached hydrogens (tertiary/aromatic N) is 1. The van der Waals surface area contributed by atoms with E-state index in [9.17, 15) is 13.2 Å². The number of Topliss-reactive ketones (excluding diaryl/α,β-unsaturated/α-hetero) is 1. The molecule has 1 N–H and O–H groups in total. The van der Waals surface area contributed by atoms with E-state index in [2.05, 4.69) is 5.32 Å². The number of fused-ring (bicyclic) bond motifs is 1. The van der Waals surface area contributed by atoms with Gasteiger partial charge in [-0.15, -0.1) is 0 Å². The maximum absolute atomic E-state index is 13.4. The molecule has 1 aliphatic heterocycles. The van der Waals surface area contributed by atoms with E-state index in [0.29, 0.717) is 22.0 Å². The van der Waals surface area contributed by atoms with E-state index in [1.54, 1.807) is 48.5 Å². The summed E-state index contributed by atoms with van der Waals surface area (Å²) in [5, 5.41) is 3.51. The summed E-state index contributed by atoms with van der Waals surface area (Å²) in [5.41, 5.74) is 3.25. The maximum atomic E-state index is 13.4. The molecule has 0 spiro atoms. The largest absolute Gasteiger partial charge is 0.360 e. The van der Waals surface area contributed by atoms with Crippen molar-refractivity contribution >= 4 is 38.8 Å². The number of para-hydroxylation sites is 1. The van der Waals surface area contributed by atoms with Crippen LogP contribution in [0.1, 0.15) is 21.5 Å². The Morgan fingerprint density at radius 2 is 1.63 bits per heavy atom. The van der Waals surface area contributed by atoms with E-state index >= 15 is 0 Å². The molecular weight excluding hydrogens is 420 g/mol. The van der Waals surface area contributed by atoms with Gasteiger partial charge in [0.05, 0.1) is 12.2 Å². The molecule has 30 heavy (non-hydrogen) atoms. The van der Waals surface area contributed by atoms with Crippen LogP contribution in [0.4, 0.5) is 11.4 Å². The first-order valence-electron chi connectivity index (χ1n) is 9.30. The van der Waals surface area contributed by atoms with Crippen LogP contribution in [0.15, 0.2) is 83.9 Å². The number of aryl methyl sites for hydroxylation is 1. The highest BCUT2D eigenvalue weighted by atomic mass is 35.5. The minimum atomic E-state index is -4.06. The number of ketones is 1. The molecule has 3 aromatic carbocycles. The van der Waals surface area contributed by atoms with Gasteiger partial charge in [-0.3, -0.25) is 9.10 Å². The Morgan fingerprint density at radius 1 is 0.967 bits per heavy atom. The smallest absolute Gasteiger partial charge is 0.270 e. The Morgan fingerprint density at radius 3 is 2.33 bits per heavy atom. The van der Waals surface area contributed by atoms with Crippen molar-refractivity contribution in [2.24, 2.45) is 0 Å². The molecule has 152 valence electrons. The second kappa shape index (κ2) is 7.97. The Balaban J connectivity index is 1.76. The van der Waals surface area contributed by atoms with E-state index in [4.69, 9.17) is 11.6 Å². The highest BCUT2D eigenvalue weighted by Crippen LogP contribution is 2.36. The predicted octanol–water partition coefficient (Wildman–Crippen LogP) is 5.13. The van der Waals surface area contributed by atoms with Gasteiger partial charge in [0, 0.05) is 22.5 Å². The van der Waals surface area contributed by atoms with Gasteiger partial charge in [-0.1, -0.05) is 53.6 Å². The molecule has 0 atom stereocenters. The summed E-state index contributed by atoms with van der Waals surface area (Å²) >= 11 is 5.95. The van der Waals surface area contributed by atoms with Gasteiger partial charge in [-0.25, -0.2) is 8.42 Å². The van der Waals surface area contributed by atoms with E-state index in [-0.39, 0.29) is 11.4 Å². The minimum Gasteiger partial charge on any atom is -0.360 e. The van der Waals surface area contributed by atoms with E-state index in [0.717, 1.165) is 11.1 Å². The number of hydrogen-bond donors (Lipinski definition) is 1. The zero-order valence-corrected chi connectivity index (χ0v) is 17.7. The van der Waals surface area contributed by atoms with Crippen LogP contribution in [-0.4, -0.2) is 14.2 Å². The van der Waals surface area contributed by atoms with Crippen molar-refractivity contribution in [3.8, 4) is 0 Å². The molecule has 0 bridgehead atoms. The number of halogens is 1. The lowest BCUT2D eigenvalue weighted by atomic mass is 10.1. The van der Waals surface area contributed by atoms with Crippen LogP contribution in [0, 0.1) is 6.92 Å². The fraction of sp³-hybridized carbons (Fsp3) is 0.0870. The molecule has 0 aromatic heterocycles. The van der Waals surface area contributed by atoms with Gasteiger partial charge in [0.2, 0.25) is 5.78 Å². The standard InChI is InChI=1S/C23H19ClN2O3S/c1-16-6-12-19(13-7-16)25-14-22-23(27)20-4-2-3-5-21(20)26(30(22,28)29)15-17-8-10-18(24)11-9-17/h2-14,25H,15H2,1H3/b22-14-. The molecule has 0 saturated carbocycles. The summed E-state index contributed by atoms with van der Waals surface area (Å²) in [7, 11) is -4.06. The number of anilines is 2. The maximum Gasteiger partial charge on any atom is 0.270 e. The number of carbonyl (C=O) groups is 1. The lowest BCUT2D eigenvalue weighted by Gasteiger charge is -2.31. The quantitative estimate of drug-likeness (QED) is 0.573. The topological polar surface area (TPSA) is 66.5 Å². The molecule has 0 fully saturated rings. The average Bonchev–Trinajstić information content (AvgIpc) is 2.73.